The monoisotopic (exact) mass is 311 g/mol. The summed E-state index contributed by atoms with van der Waals surface area (Å²) in [5, 5.41) is 3.40. The maximum absolute atomic E-state index is 12.2. The zero-order chi connectivity index (χ0) is 13.0. The van der Waals surface area contributed by atoms with Crippen LogP contribution in [0.15, 0.2) is 22.7 Å². The first-order valence-corrected chi connectivity index (χ1v) is 7.10. The number of ketones is 1. The van der Waals surface area contributed by atoms with Crippen molar-refractivity contribution >= 4 is 21.7 Å². The van der Waals surface area contributed by atoms with Gasteiger partial charge in [-0.25, -0.2) is 0 Å². The SMILES string of the molecule is COc1ccc(C(=O)CC2CCCCN2)cc1Br. The molecule has 3 nitrogen and oxygen atoms in total. The summed E-state index contributed by atoms with van der Waals surface area (Å²) < 4.78 is 5.99. The van der Waals surface area contributed by atoms with E-state index < -0.39 is 0 Å². The lowest BCUT2D eigenvalue weighted by Crippen LogP contribution is -2.35. The molecule has 1 aromatic carbocycles. The van der Waals surface area contributed by atoms with E-state index in [2.05, 4.69) is 21.2 Å². The molecule has 1 fully saturated rings. The second-order valence-electron chi connectivity index (χ2n) is 4.62. The summed E-state index contributed by atoms with van der Waals surface area (Å²) in [4.78, 5) is 12.2. The Morgan fingerprint density at radius 3 is 2.94 bits per heavy atom. The second-order valence-corrected chi connectivity index (χ2v) is 5.48. The highest BCUT2D eigenvalue weighted by atomic mass is 79.9. The van der Waals surface area contributed by atoms with Crippen molar-refractivity contribution in [1.82, 2.24) is 5.32 Å². The fourth-order valence-corrected chi connectivity index (χ4v) is 2.82. The molecule has 1 aliphatic heterocycles. The molecule has 1 unspecified atom stereocenters. The van der Waals surface area contributed by atoms with Crippen molar-refractivity contribution in [3.63, 3.8) is 0 Å². The normalized spacial score (nSPS) is 19.6. The Labute approximate surface area is 116 Å². The van der Waals surface area contributed by atoms with Gasteiger partial charge in [-0.15, -0.1) is 0 Å². The van der Waals surface area contributed by atoms with Crippen LogP contribution in [0.1, 0.15) is 36.0 Å². The first-order chi connectivity index (χ1) is 8.70. The van der Waals surface area contributed by atoms with Gasteiger partial charge in [-0.1, -0.05) is 6.42 Å². The fraction of sp³-hybridized carbons (Fsp3) is 0.500. The lowest BCUT2D eigenvalue weighted by molar-refractivity contribution is 0.0963. The van der Waals surface area contributed by atoms with E-state index in [9.17, 15) is 4.79 Å². The third kappa shape index (κ3) is 3.33. The van der Waals surface area contributed by atoms with Crippen LogP contribution >= 0.6 is 15.9 Å². The van der Waals surface area contributed by atoms with Gasteiger partial charge in [0, 0.05) is 18.0 Å². The summed E-state index contributed by atoms with van der Waals surface area (Å²) in [6, 6.07) is 5.83. The van der Waals surface area contributed by atoms with Crippen molar-refractivity contribution in [1.29, 1.82) is 0 Å². The molecule has 0 spiro atoms. The number of piperidine rings is 1. The van der Waals surface area contributed by atoms with Gasteiger partial charge in [-0.2, -0.15) is 0 Å². The van der Waals surface area contributed by atoms with Crippen LogP contribution in [-0.2, 0) is 0 Å². The lowest BCUT2D eigenvalue weighted by atomic mass is 9.97. The second kappa shape index (κ2) is 6.34. The summed E-state index contributed by atoms with van der Waals surface area (Å²) in [6.45, 7) is 1.03. The Balaban J connectivity index is 2.01. The lowest BCUT2D eigenvalue weighted by Gasteiger charge is -2.22. The van der Waals surface area contributed by atoms with Crippen LogP contribution in [0.25, 0.3) is 0 Å². The number of rotatable bonds is 4. The molecule has 1 saturated heterocycles. The van der Waals surface area contributed by atoms with Crippen molar-refractivity contribution < 1.29 is 9.53 Å². The minimum absolute atomic E-state index is 0.192. The summed E-state index contributed by atoms with van der Waals surface area (Å²) in [7, 11) is 1.62. The van der Waals surface area contributed by atoms with Crippen LogP contribution in [-0.4, -0.2) is 25.5 Å². The van der Waals surface area contributed by atoms with E-state index in [0.717, 1.165) is 28.8 Å². The summed E-state index contributed by atoms with van der Waals surface area (Å²) in [5.41, 5.74) is 0.745. The van der Waals surface area contributed by atoms with Crippen molar-refractivity contribution in [2.45, 2.75) is 31.7 Å². The Morgan fingerprint density at radius 1 is 1.50 bits per heavy atom. The van der Waals surface area contributed by atoms with Gasteiger partial charge in [0.1, 0.15) is 5.75 Å². The topological polar surface area (TPSA) is 38.3 Å². The van der Waals surface area contributed by atoms with Crippen LogP contribution < -0.4 is 10.1 Å². The number of methoxy groups -OCH3 is 1. The molecular formula is C14H18BrNO2. The molecule has 0 aromatic heterocycles. The predicted molar refractivity (Wildman–Crippen MR) is 75.3 cm³/mol. The number of carbonyl (C=O) groups is 1. The van der Waals surface area contributed by atoms with E-state index in [1.807, 2.05) is 18.2 Å². The number of ether oxygens (including phenoxy) is 1. The molecule has 1 aliphatic rings. The van der Waals surface area contributed by atoms with Gasteiger partial charge in [-0.3, -0.25) is 4.79 Å². The van der Waals surface area contributed by atoms with E-state index in [-0.39, 0.29) is 5.78 Å². The number of Topliss-reactive ketones (excluding diaryl/α,β-unsaturated/α-hetero) is 1. The van der Waals surface area contributed by atoms with Gasteiger partial charge in [0.25, 0.3) is 0 Å². The average molecular weight is 312 g/mol. The summed E-state index contributed by atoms with van der Waals surface area (Å²) >= 11 is 3.41. The van der Waals surface area contributed by atoms with Gasteiger partial charge in [0.15, 0.2) is 5.78 Å². The Bertz CT molecular complexity index is 428. The van der Waals surface area contributed by atoms with E-state index in [4.69, 9.17) is 4.74 Å². The molecule has 0 aliphatic carbocycles. The molecule has 1 heterocycles. The average Bonchev–Trinajstić information content (AvgIpc) is 2.39. The van der Waals surface area contributed by atoms with Crippen LogP contribution in [0.5, 0.6) is 5.75 Å². The fourth-order valence-electron chi connectivity index (χ4n) is 2.28. The minimum atomic E-state index is 0.192. The summed E-state index contributed by atoms with van der Waals surface area (Å²) in [5.74, 6) is 0.945. The molecule has 0 amide bonds. The first-order valence-electron chi connectivity index (χ1n) is 6.31. The van der Waals surface area contributed by atoms with Crippen LogP contribution in [0.3, 0.4) is 0 Å². The van der Waals surface area contributed by atoms with Crippen molar-refractivity contribution in [3.8, 4) is 5.75 Å². The molecule has 98 valence electrons. The number of benzene rings is 1. The van der Waals surface area contributed by atoms with Crippen molar-refractivity contribution in [2.24, 2.45) is 0 Å². The standard InChI is InChI=1S/C14H18BrNO2/c1-18-14-6-5-10(8-12(14)15)13(17)9-11-4-2-3-7-16-11/h5-6,8,11,16H,2-4,7,9H2,1H3. The van der Waals surface area contributed by atoms with Crippen molar-refractivity contribution in [2.75, 3.05) is 13.7 Å². The van der Waals surface area contributed by atoms with E-state index in [1.165, 1.54) is 12.8 Å². The maximum Gasteiger partial charge on any atom is 0.164 e. The zero-order valence-corrected chi connectivity index (χ0v) is 12.1. The molecule has 1 aromatic rings. The maximum atomic E-state index is 12.2. The highest BCUT2D eigenvalue weighted by Gasteiger charge is 2.18. The quantitative estimate of drug-likeness (QED) is 0.868. The Kier molecular flexibility index (Phi) is 4.78. The minimum Gasteiger partial charge on any atom is -0.496 e. The molecule has 1 atom stereocenters. The van der Waals surface area contributed by atoms with Crippen molar-refractivity contribution in [3.05, 3.63) is 28.2 Å². The molecule has 2 rings (SSSR count). The van der Waals surface area contributed by atoms with E-state index in [0.29, 0.717) is 12.5 Å². The van der Waals surface area contributed by atoms with E-state index in [1.54, 1.807) is 7.11 Å². The highest BCUT2D eigenvalue weighted by Crippen LogP contribution is 2.26. The van der Waals surface area contributed by atoms with Crippen LogP contribution in [0, 0.1) is 0 Å². The highest BCUT2D eigenvalue weighted by molar-refractivity contribution is 9.10. The third-order valence-corrected chi connectivity index (χ3v) is 3.94. The van der Waals surface area contributed by atoms with Gasteiger partial charge < -0.3 is 10.1 Å². The third-order valence-electron chi connectivity index (χ3n) is 3.32. The number of hydrogen-bond acceptors (Lipinski definition) is 3. The Morgan fingerprint density at radius 2 is 2.33 bits per heavy atom. The first kappa shape index (κ1) is 13.6. The Hall–Kier alpha value is -0.870. The number of halogens is 1. The number of hydrogen-bond donors (Lipinski definition) is 1. The molecule has 0 saturated carbocycles. The van der Waals surface area contributed by atoms with Gasteiger partial charge in [0.2, 0.25) is 0 Å². The van der Waals surface area contributed by atoms with Crippen LogP contribution in [0.4, 0.5) is 0 Å². The van der Waals surface area contributed by atoms with Crippen LogP contribution in [0.2, 0.25) is 0 Å². The molecule has 18 heavy (non-hydrogen) atoms. The largest absolute Gasteiger partial charge is 0.496 e. The molecule has 0 bridgehead atoms. The zero-order valence-electron chi connectivity index (χ0n) is 10.5. The van der Waals surface area contributed by atoms with Gasteiger partial charge in [0.05, 0.1) is 11.6 Å². The molecular weight excluding hydrogens is 294 g/mol. The summed E-state index contributed by atoms with van der Waals surface area (Å²) in [6.07, 6.45) is 4.12. The molecule has 4 heteroatoms. The van der Waals surface area contributed by atoms with Gasteiger partial charge in [-0.05, 0) is 53.5 Å². The number of nitrogens with one attached hydrogen (secondary N) is 1. The van der Waals surface area contributed by atoms with E-state index >= 15 is 0 Å². The molecule has 0 radical (unpaired) electrons. The smallest absolute Gasteiger partial charge is 0.164 e. The molecule has 1 N–H and O–H groups in total. The predicted octanol–water partition coefficient (Wildman–Crippen LogP) is 3.17. The van der Waals surface area contributed by atoms with Gasteiger partial charge >= 0.3 is 0 Å². The number of carbonyl (C=O) groups excluding carboxylic acids is 1.